The van der Waals surface area contributed by atoms with Crippen LogP contribution in [0.15, 0.2) is 6.07 Å². The summed E-state index contributed by atoms with van der Waals surface area (Å²) in [5, 5.41) is 8.66. The molecule has 0 fully saturated rings. The zero-order valence-corrected chi connectivity index (χ0v) is 9.33. The van der Waals surface area contributed by atoms with Crippen LogP contribution in [0.2, 0.25) is 5.15 Å². The maximum atomic E-state index is 12.3. The number of rotatable bonds is 4. The zero-order chi connectivity index (χ0) is 13.1. The summed E-state index contributed by atoms with van der Waals surface area (Å²) in [7, 11) is 0. The van der Waals surface area contributed by atoms with Gasteiger partial charge in [-0.05, 0) is 0 Å². The number of anilines is 2. The average molecular weight is 271 g/mol. The first-order chi connectivity index (χ1) is 7.81. The molecule has 0 unspecified atom stereocenters. The number of aliphatic hydroxyl groups excluding tert-OH is 1. The van der Waals surface area contributed by atoms with Crippen LogP contribution < -0.4 is 10.6 Å². The summed E-state index contributed by atoms with van der Waals surface area (Å²) in [5.41, 5.74) is 5.28. The topological polar surface area (TPSA) is 75.3 Å². The molecule has 0 atom stereocenters. The molecule has 96 valence electrons. The van der Waals surface area contributed by atoms with Crippen LogP contribution >= 0.6 is 11.6 Å². The number of nitrogen functional groups attached to an aromatic ring is 1. The van der Waals surface area contributed by atoms with Crippen LogP contribution in [-0.4, -0.2) is 40.9 Å². The maximum absolute atomic E-state index is 12.3. The first-order valence-corrected chi connectivity index (χ1v) is 4.92. The van der Waals surface area contributed by atoms with Gasteiger partial charge >= 0.3 is 6.18 Å². The fourth-order valence-corrected chi connectivity index (χ4v) is 1.38. The van der Waals surface area contributed by atoms with E-state index in [1.807, 2.05) is 0 Å². The zero-order valence-electron chi connectivity index (χ0n) is 8.58. The molecular formula is C8H10ClF3N4O. The Morgan fingerprint density at radius 3 is 2.53 bits per heavy atom. The molecule has 9 heteroatoms. The minimum atomic E-state index is -4.42. The summed E-state index contributed by atoms with van der Waals surface area (Å²) in [6.07, 6.45) is -4.42. The molecule has 17 heavy (non-hydrogen) atoms. The van der Waals surface area contributed by atoms with Crippen LogP contribution in [0, 0.1) is 0 Å². The predicted octanol–water partition coefficient (Wildman–Crippen LogP) is 1.07. The summed E-state index contributed by atoms with van der Waals surface area (Å²) in [6.45, 7) is -1.93. The molecule has 1 heterocycles. The highest BCUT2D eigenvalue weighted by atomic mass is 35.5. The second-order valence-corrected chi connectivity index (χ2v) is 3.55. The molecule has 0 spiro atoms. The fraction of sp³-hybridized carbons (Fsp3) is 0.500. The summed E-state index contributed by atoms with van der Waals surface area (Å²) in [5.74, 6) is -0.300. The standard InChI is InChI=1S/C8H10ClF3N4O/c9-5-3-6(15-7(13)14-5)16(1-2-17)4-8(10,11)12/h3,17H,1-2,4H2,(H2,13,14,15). The van der Waals surface area contributed by atoms with Crippen LogP contribution in [0.4, 0.5) is 24.9 Å². The number of halogens is 4. The minimum absolute atomic E-state index is 0.0578. The Hall–Kier alpha value is -1.28. The number of aromatic nitrogens is 2. The molecule has 5 nitrogen and oxygen atoms in total. The number of hydrogen-bond acceptors (Lipinski definition) is 5. The lowest BCUT2D eigenvalue weighted by molar-refractivity contribution is -0.120. The first kappa shape index (κ1) is 13.8. The third-order valence-corrected chi connectivity index (χ3v) is 1.96. The van der Waals surface area contributed by atoms with E-state index in [4.69, 9.17) is 22.4 Å². The number of nitrogens with zero attached hydrogens (tertiary/aromatic N) is 3. The maximum Gasteiger partial charge on any atom is 0.405 e. The predicted molar refractivity (Wildman–Crippen MR) is 56.8 cm³/mol. The Morgan fingerprint density at radius 2 is 2.06 bits per heavy atom. The van der Waals surface area contributed by atoms with Gasteiger partial charge in [0.05, 0.1) is 6.61 Å². The smallest absolute Gasteiger partial charge is 0.395 e. The molecular weight excluding hydrogens is 261 g/mol. The van der Waals surface area contributed by atoms with Crippen LogP contribution in [0.1, 0.15) is 0 Å². The molecule has 0 amide bonds. The third-order valence-electron chi connectivity index (χ3n) is 1.76. The Labute approximate surface area is 100 Å². The Morgan fingerprint density at radius 1 is 1.41 bits per heavy atom. The van der Waals surface area contributed by atoms with Crippen molar-refractivity contribution >= 4 is 23.4 Å². The van der Waals surface area contributed by atoms with Crippen molar-refractivity contribution in [1.82, 2.24) is 9.97 Å². The van der Waals surface area contributed by atoms with Gasteiger partial charge in [0.25, 0.3) is 0 Å². The van der Waals surface area contributed by atoms with Gasteiger partial charge in [0.1, 0.15) is 17.5 Å². The van der Waals surface area contributed by atoms with Crippen molar-refractivity contribution in [3.8, 4) is 0 Å². The van der Waals surface area contributed by atoms with E-state index in [1.54, 1.807) is 0 Å². The largest absolute Gasteiger partial charge is 0.405 e. The van der Waals surface area contributed by atoms with Gasteiger partial charge in [-0.15, -0.1) is 0 Å². The van der Waals surface area contributed by atoms with Gasteiger partial charge in [0, 0.05) is 12.6 Å². The van der Waals surface area contributed by atoms with Gasteiger partial charge in [-0.2, -0.15) is 18.2 Å². The highest BCUT2D eigenvalue weighted by Crippen LogP contribution is 2.22. The molecule has 0 saturated heterocycles. The second-order valence-electron chi connectivity index (χ2n) is 3.17. The molecule has 3 N–H and O–H groups in total. The first-order valence-electron chi connectivity index (χ1n) is 4.54. The van der Waals surface area contributed by atoms with Gasteiger partial charge in [-0.3, -0.25) is 0 Å². The minimum Gasteiger partial charge on any atom is -0.395 e. The highest BCUT2D eigenvalue weighted by molar-refractivity contribution is 6.29. The van der Waals surface area contributed by atoms with Crippen LogP contribution in [-0.2, 0) is 0 Å². The molecule has 0 aromatic carbocycles. The Bertz CT molecular complexity index is 367. The SMILES string of the molecule is Nc1nc(Cl)cc(N(CCO)CC(F)(F)F)n1. The van der Waals surface area contributed by atoms with E-state index in [1.165, 1.54) is 0 Å². The normalized spacial score (nSPS) is 11.6. The lowest BCUT2D eigenvalue weighted by Gasteiger charge is -2.24. The van der Waals surface area contributed by atoms with Crippen molar-refractivity contribution in [3.63, 3.8) is 0 Å². The molecule has 0 aliphatic rings. The van der Waals surface area contributed by atoms with Crippen molar-refractivity contribution in [3.05, 3.63) is 11.2 Å². The van der Waals surface area contributed by atoms with E-state index >= 15 is 0 Å². The summed E-state index contributed by atoms with van der Waals surface area (Å²) >= 11 is 5.56. The number of hydrogen-bond donors (Lipinski definition) is 2. The van der Waals surface area contributed by atoms with E-state index in [2.05, 4.69) is 9.97 Å². The fourth-order valence-electron chi connectivity index (χ4n) is 1.20. The van der Waals surface area contributed by atoms with Gasteiger partial charge in [0.2, 0.25) is 5.95 Å². The Balaban J connectivity index is 2.96. The number of nitrogens with two attached hydrogens (primary N) is 1. The van der Waals surface area contributed by atoms with Crippen molar-refractivity contribution in [1.29, 1.82) is 0 Å². The second kappa shape index (κ2) is 5.37. The molecule has 0 bridgehead atoms. The number of aliphatic hydroxyl groups is 1. The van der Waals surface area contributed by atoms with Gasteiger partial charge in [0.15, 0.2) is 0 Å². The summed E-state index contributed by atoms with van der Waals surface area (Å²) < 4.78 is 36.9. The van der Waals surface area contributed by atoms with Crippen molar-refractivity contribution < 1.29 is 18.3 Å². The molecule has 0 aliphatic heterocycles. The number of alkyl halides is 3. The molecule has 0 saturated carbocycles. The molecule has 0 aliphatic carbocycles. The van der Waals surface area contributed by atoms with Crippen molar-refractivity contribution in [2.24, 2.45) is 0 Å². The highest BCUT2D eigenvalue weighted by Gasteiger charge is 2.31. The summed E-state index contributed by atoms with van der Waals surface area (Å²) in [4.78, 5) is 7.99. The van der Waals surface area contributed by atoms with Gasteiger partial charge in [-0.25, -0.2) is 4.98 Å². The van der Waals surface area contributed by atoms with Crippen LogP contribution in [0.3, 0.4) is 0 Å². The lowest BCUT2D eigenvalue weighted by atomic mass is 10.4. The Kier molecular flexibility index (Phi) is 4.35. The van der Waals surface area contributed by atoms with E-state index < -0.39 is 19.3 Å². The molecule has 0 radical (unpaired) electrons. The molecule has 1 aromatic rings. The quantitative estimate of drug-likeness (QED) is 0.801. The van der Waals surface area contributed by atoms with E-state index in [-0.39, 0.29) is 23.5 Å². The molecule has 1 rings (SSSR count). The van der Waals surface area contributed by atoms with Gasteiger partial charge in [-0.1, -0.05) is 11.6 Å². The molecule has 1 aromatic heterocycles. The van der Waals surface area contributed by atoms with Crippen LogP contribution in [0.5, 0.6) is 0 Å². The van der Waals surface area contributed by atoms with E-state index in [0.29, 0.717) is 0 Å². The third kappa shape index (κ3) is 4.61. The van der Waals surface area contributed by atoms with Gasteiger partial charge < -0.3 is 15.7 Å². The average Bonchev–Trinajstić information content (AvgIpc) is 2.13. The lowest BCUT2D eigenvalue weighted by Crippen LogP contribution is -2.37. The van der Waals surface area contributed by atoms with Crippen LogP contribution in [0.25, 0.3) is 0 Å². The summed E-state index contributed by atoms with van der Waals surface area (Å²) in [6, 6.07) is 1.15. The van der Waals surface area contributed by atoms with E-state index in [9.17, 15) is 13.2 Å². The van der Waals surface area contributed by atoms with Crippen molar-refractivity contribution in [2.45, 2.75) is 6.18 Å². The van der Waals surface area contributed by atoms with Crippen molar-refractivity contribution in [2.75, 3.05) is 30.3 Å². The van der Waals surface area contributed by atoms with E-state index in [0.717, 1.165) is 11.0 Å². The monoisotopic (exact) mass is 270 g/mol.